The molecule has 1 saturated heterocycles. The second-order valence-corrected chi connectivity index (χ2v) is 5.62. The molecular formula is C14H24N2O4. The van der Waals surface area contributed by atoms with Gasteiger partial charge in [-0.15, -0.1) is 0 Å². The van der Waals surface area contributed by atoms with Gasteiger partial charge in [-0.05, 0) is 25.2 Å². The van der Waals surface area contributed by atoms with Gasteiger partial charge >= 0.3 is 0 Å². The van der Waals surface area contributed by atoms with E-state index in [1.807, 2.05) is 4.90 Å². The van der Waals surface area contributed by atoms with E-state index in [-0.39, 0.29) is 24.3 Å². The summed E-state index contributed by atoms with van der Waals surface area (Å²) in [5.74, 6) is 0.561. The molecule has 1 aliphatic carbocycles. The van der Waals surface area contributed by atoms with E-state index in [1.165, 1.54) is 12.8 Å². The number of rotatable bonds is 9. The third kappa shape index (κ3) is 4.76. The van der Waals surface area contributed by atoms with Crippen LogP contribution in [0.15, 0.2) is 0 Å². The van der Waals surface area contributed by atoms with E-state index in [9.17, 15) is 9.59 Å². The maximum Gasteiger partial charge on any atom is 0.225 e. The van der Waals surface area contributed by atoms with Crippen molar-refractivity contribution >= 4 is 11.8 Å². The Labute approximate surface area is 119 Å². The molecule has 1 aliphatic heterocycles. The van der Waals surface area contributed by atoms with Crippen LogP contribution in [0.5, 0.6) is 0 Å². The first-order valence-electron chi connectivity index (χ1n) is 7.44. The molecule has 2 aliphatic rings. The van der Waals surface area contributed by atoms with Gasteiger partial charge in [0.1, 0.15) is 0 Å². The molecular weight excluding hydrogens is 260 g/mol. The molecule has 20 heavy (non-hydrogen) atoms. The summed E-state index contributed by atoms with van der Waals surface area (Å²) in [5.41, 5.74) is 0. The molecule has 1 saturated carbocycles. The lowest BCUT2D eigenvalue weighted by molar-refractivity contribution is -0.129. The molecule has 114 valence electrons. The van der Waals surface area contributed by atoms with Gasteiger partial charge in [-0.25, -0.2) is 0 Å². The minimum atomic E-state index is -0.195. The summed E-state index contributed by atoms with van der Waals surface area (Å²) < 4.78 is 5.11. The Balaban J connectivity index is 1.59. The van der Waals surface area contributed by atoms with Crippen molar-refractivity contribution < 1.29 is 19.4 Å². The first kappa shape index (κ1) is 15.3. The number of nitrogens with one attached hydrogen (secondary N) is 1. The number of ether oxygens (including phenoxy) is 1. The number of aliphatic hydroxyl groups is 1. The Morgan fingerprint density at radius 3 is 2.90 bits per heavy atom. The van der Waals surface area contributed by atoms with Gasteiger partial charge in [0.2, 0.25) is 11.8 Å². The van der Waals surface area contributed by atoms with Crippen molar-refractivity contribution in [3.05, 3.63) is 0 Å². The lowest BCUT2D eigenvalue weighted by Gasteiger charge is -2.16. The van der Waals surface area contributed by atoms with Crippen LogP contribution in [0.4, 0.5) is 0 Å². The number of likely N-dealkylation sites (tertiary alicyclic amines) is 1. The monoisotopic (exact) mass is 284 g/mol. The smallest absolute Gasteiger partial charge is 0.225 e. The van der Waals surface area contributed by atoms with Crippen molar-refractivity contribution in [3.63, 3.8) is 0 Å². The summed E-state index contributed by atoms with van der Waals surface area (Å²) in [6.45, 7) is 2.84. The predicted octanol–water partition coefficient (Wildman–Crippen LogP) is -0.240. The van der Waals surface area contributed by atoms with Gasteiger partial charge in [-0.3, -0.25) is 9.59 Å². The van der Waals surface area contributed by atoms with Gasteiger partial charge in [-0.1, -0.05) is 0 Å². The number of hydrogen-bond donors (Lipinski definition) is 2. The highest BCUT2D eigenvalue weighted by atomic mass is 16.5. The van der Waals surface area contributed by atoms with E-state index >= 15 is 0 Å². The molecule has 2 amide bonds. The zero-order valence-electron chi connectivity index (χ0n) is 11.8. The second kappa shape index (κ2) is 7.59. The van der Waals surface area contributed by atoms with Crippen LogP contribution < -0.4 is 5.32 Å². The fourth-order valence-corrected chi connectivity index (χ4v) is 2.43. The number of carbonyl (C=O) groups excluding carboxylic acids is 2. The zero-order valence-corrected chi connectivity index (χ0v) is 11.8. The van der Waals surface area contributed by atoms with Crippen molar-refractivity contribution in [1.29, 1.82) is 0 Å². The van der Waals surface area contributed by atoms with Crippen LogP contribution in [-0.2, 0) is 14.3 Å². The molecule has 2 rings (SSSR count). The normalized spacial score (nSPS) is 22.4. The van der Waals surface area contributed by atoms with Crippen LogP contribution in [0.25, 0.3) is 0 Å². The highest BCUT2D eigenvalue weighted by Gasteiger charge is 2.36. The molecule has 2 N–H and O–H groups in total. The highest BCUT2D eigenvalue weighted by molar-refractivity contribution is 5.89. The molecule has 0 bridgehead atoms. The van der Waals surface area contributed by atoms with E-state index in [0.29, 0.717) is 38.6 Å². The molecule has 0 spiro atoms. The quantitative estimate of drug-likeness (QED) is 0.573. The van der Waals surface area contributed by atoms with Gasteiger partial charge in [0, 0.05) is 32.7 Å². The third-order valence-electron chi connectivity index (χ3n) is 3.76. The molecule has 2 fully saturated rings. The van der Waals surface area contributed by atoms with Crippen LogP contribution in [0.3, 0.4) is 0 Å². The van der Waals surface area contributed by atoms with Crippen molar-refractivity contribution in [2.45, 2.75) is 25.7 Å². The van der Waals surface area contributed by atoms with Gasteiger partial charge < -0.3 is 20.1 Å². The first-order chi connectivity index (χ1) is 9.70. The second-order valence-electron chi connectivity index (χ2n) is 5.62. The van der Waals surface area contributed by atoms with E-state index in [0.717, 1.165) is 13.0 Å². The van der Waals surface area contributed by atoms with E-state index in [2.05, 4.69) is 5.32 Å². The van der Waals surface area contributed by atoms with Crippen LogP contribution in [-0.4, -0.2) is 61.3 Å². The summed E-state index contributed by atoms with van der Waals surface area (Å²) in [6, 6.07) is 0. The van der Waals surface area contributed by atoms with Gasteiger partial charge in [0.05, 0.1) is 19.1 Å². The summed E-state index contributed by atoms with van der Waals surface area (Å²) in [6.07, 6.45) is 3.50. The topological polar surface area (TPSA) is 78.9 Å². The maximum absolute atomic E-state index is 12.0. The summed E-state index contributed by atoms with van der Waals surface area (Å²) in [4.78, 5) is 25.6. The van der Waals surface area contributed by atoms with Crippen molar-refractivity contribution in [2.75, 3.05) is 39.5 Å². The molecule has 1 atom stereocenters. The lowest BCUT2D eigenvalue weighted by Crippen LogP contribution is -2.34. The Hall–Kier alpha value is -1.14. The van der Waals surface area contributed by atoms with E-state index < -0.39 is 0 Å². The number of amides is 2. The molecule has 6 heteroatoms. The molecule has 6 nitrogen and oxygen atoms in total. The summed E-state index contributed by atoms with van der Waals surface area (Å²) in [5, 5.41) is 11.4. The fourth-order valence-electron chi connectivity index (χ4n) is 2.43. The van der Waals surface area contributed by atoms with E-state index in [4.69, 9.17) is 9.84 Å². The zero-order chi connectivity index (χ0) is 14.4. The van der Waals surface area contributed by atoms with Crippen LogP contribution in [0.2, 0.25) is 0 Å². The van der Waals surface area contributed by atoms with Gasteiger partial charge in [-0.2, -0.15) is 0 Å². The summed E-state index contributed by atoms with van der Waals surface area (Å²) in [7, 11) is 0. The molecule has 1 heterocycles. The van der Waals surface area contributed by atoms with Crippen LogP contribution >= 0.6 is 0 Å². The Morgan fingerprint density at radius 2 is 2.20 bits per heavy atom. The number of aliphatic hydroxyl groups excluding tert-OH is 1. The van der Waals surface area contributed by atoms with Crippen molar-refractivity contribution in [2.24, 2.45) is 11.8 Å². The number of hydrogen-bond acceptors (Lipinski definition) is 4. The predicted molar refractivity (Wildman–Crippen MR) is 72.9 cm³/mol. The SMILES string of the molecule is O=C(NCCCOCCO)C1CC(=O)N(CC2CC2)C1. The first-order valence-corrected chi connectivity index (χ1v) is 7.44. The van der Waals surface area contributed by atoms with Gasteiger partial charge in [0.25, 0.3) is 0 Å². The maximum atomic E-state index is 12.0. The molecule has 0 radical (unpaired) electrons. The third-order valence-corrected chi connectivity index (χ3v) is 3.76. The minimum Gasteiger partial charge on any atom is -0.394 e. The lowest BCUT2D eigenvalue weighted by atomic mass is 10.1. The average molecular weight is 284 g/mol. The standard InChI is InChI=1S/C14H24N2O4/c17-5-7-20-6-1-4-15-14(19)12-8-13(18)16(10-12)9-11-2-3-11/h11-12,17H,1-10H2,(H,15,19). The number of carbonyl (C=O) groups is 2. The van der Waals surface area contributed by atoms with Crippen molar-refractivity contribution in [1.82, 2.24) is 10.2 Å². The highest BCUT2D eigenvalue weighted by Crippen LogP contribution is 2.31. The van der Waals surface area contributed by atoms with Gasteiger partial charge in [0.15, 0.2) is 0 Å². The molecule has 1 unspecified atom stereocenters. The molecule has 0 aromatic rings. The molecule has 0 aromatic heterocycles. The van der Waals surface area contributed by atoms with E-state index in [1.54, 1.807) is 0 Å². The largest absolute Gasteiger partial charge is 0.394 e. The Kier molecular flexibility index (Phi) is 5.79. The van der Waals surface area contributed by atoms with Crippen molar-refractivity contribution in [3.8, 4) is 0 Å². The fraction of sp³-hybridized carbons (Fsp3) is 0.857. The van der Waals surface area contributed by atoms with Crippen LogP contribution in [0, 0.1) is 11.8 Å². The summed E-state index contributed by atoms with van der Waals surface area (Å²) >= 11 is 0. The Bertz CT molecular complexity index is 344. The average Bonchev–Trinajstić information content (AvgIpc) is 3.17. The molecule has 0 aromatic carbocycles. The minimum absolute atomic E-state index is 0.0212. The Morgan fingerprint density at radius 1 is 1.40 bits per heavy atom. The number of nitrogens with zero attached hydrogens (tertiary/aromatic N) is 1. The van der Waals surface area contributed by atoms with Crippen LogP contribution in [0.1, 0.15) is 25.7 Å².